The molecule has 8 heteroatoms. The highest BCUT2D eigenvalue weighted by atomic mass is 32.2. The zero-order valence-corrected chi connectivity index (χ0v) is 16.7. The minimum atomic E-state index is -3.68. The van der Waals surface area contributed by atoms with Crippen molar-refractivity contribution in [3.63, 3.8) is 0 Å². The van der Waals surface area contributed by atoms with E-state index in [9.17, 15) is 13.2 Å². The van der Waals surface area contributed by atoms with Crippen molar-refractivity contribution >= 4 is 21.6 Å². The van der Waals surface area contributed by atoms with Crippen LogP contribution in [0.3, 0.4) is 0 Å². The van der Waals surface area contributed by atoms with E-state index in [-0.39, 0.29) is 23.3 Å². The van der Waals surface area contributed by atoms with Crippen molar-refractivity contribution < 1.29 is 22.7 Å². The topological polar surface area (TPSA) is 84.9 Å². The van der Waals surface area contributed by atoms with Crippen LogP contribution in [0.25, 0.3) is 0 Å². The first-order chi connectivity index (χ1) is 14.0. The molecule has 29 heavy (non-hydrogen) atoms. The van der Waals surface area contributed by atoms with Crippen LogP contribution in [0.15, 0.2) is 41.3 Å². The van der Waals surface area contributed by atoms with Gasteiger partial charge in [0.1, 0.15) is 0 Å². The van der Waals surface area contributed by atoms with Gasteiger partial charge < -0.3 is 14.8 Å². The average Bonchev–Trinajstić information content (AvgIpc) is 3.27. The maximum atomic E-state index is 13.4. The van der Waals surface area contributed by atoms with E-state index in [1.807, 2.05) is 18.2 Å². The normalized spacial score (nSPS) is 21.5. The second kappa shape index (κ2) is 7.03. The van der Waals surface area contributed by atoms with Crippen LogP contribution in [0.2, 0.25) is 0 Å². The number of amides is 1. The lowest BCUT2D eigenvalue weighted by molar-refractivity contribution is -0.115. The fraction of sp³-hybridized carbons (Fsp3) is 0.381. The molecule has 1 atom stereocenters. The van der Waals surface area contributed by atoms with Gasteiger partial charge in [0.05, 0.1) is 30.6 Å². The zero-order chi connectivity index (χ0) is 20.0. The summed E-state index contributed by atoms with van der Waals surface area (Å²) in [6, 6.07) is 10.3. The number of hydrogen-bond acceptors (Lipinski definition) is 5. The molecule has 3 aliphatic heterocycles. The minimum Gasteiger partial charge on any atom is -0.490 e. The first-order valence-corrected chi connectivity index (χ1v) is 11.3. The van der Waals surface area contributed by atoms with E-state index in [0.29, 0.717) is 36.9 Å². The van der Waals surface area contributed by atoms with Crippen molar-refractivity contribution in [2.24, 2.45) is 0 Å². The Kier molecular flexibility index (Phi) is 4.48. The van der Waals surface area contributed by atoms with Crippen molar-refractivity contribution in [2.75, 3.05) is 25.1 Å². The quantitative estimate of drug-likeness (QED) is 0.835. The molecule has 1 N–H and O–H groups in total. The molecule has 3 aliphatic rings. The first kappa shape index (κ1) is 18.4. The van der Waals surface area contributed by atoms with Crippen molar-refractivity contribution in [3.05, 3.63) is 47.5 Å². The molecule has 2 aromatic carbocycles. The number of hydrogen-bond donors (Lipinski definition) is 1. The van der Waals surface area contributed by atoms with E-state index in [2.05, 4.69) is 5.32 Å². The molecular weight excluding hydrogens is 392 g/mol. The highest BCUT2D eigenvalue weighted by Gasteiger charge is 2.37. The molecule has 2 aromatic rings. The standard InChI is InChI=1S/C21H22N2O5S/c24-21-13-15-11-16(5-6-17(15)22-21)29(25,26)23-8-1-3-18(23)14-4-7-19-20(12-14)28-10-2-9-27-19/h4-7,11-12,18H,1-3,8-10,13H2,(H,22,24). The number of sulfonamides is 1. The highest BCUT2D eigenvalue weighted by molar-refractivity contribution is 7.89. The number of carbonyl (C=O) groups is 1. The molecule has 1 fully saturated rings. The van der Waals surface area contributed by atoms with E-state index in [4.69, 9.17) is 9.47 Å². The van der Waals surface area contributed by atoms with Gasteiger partial charge in [-0.25, -0.2) is 8.42 Å². The van der Waals surface area contributed by atoms with Gasteiger partial charge in [-0.05, 0) is 54.3 Å². The maximum absolute atomic E-state index is 13.4. The van der Waals surface area contributed by atoms with E-state index in [0.717, 1.165) is 30.4 Å². The summed E-state index contributed by atoms with van der Waals surface area (Å²) in [4.78, 5) is 11.8. The van der Waals surface area contributed by atoms with Crippen molar-refractivity contribution in [2.45, 2.75) is 36.6 Å². The summed E-state index contributed by atoms with van der Waals surface area (Å²) in [7, 11) is -3.68. The molecule has 0 aromatic heterocycles. The van der Waals surface area contributed by atoms with Crippen LogP contribution in [0.5, 0.6) is 11.5 Å². The smallest absolute Gasteiger partial charge is 0.243 e. The Morgan fingerprint density at radius 2 is 1.83 bits per heavy atom. The molecular formula is C21H22N2O5S. The third kappa shape index (κ3) is 3.26. The molecule has 3 heterocycles. The molecule has 1 saturated heterocycles. The molecule has 0 saturated carbocycles. The Balaban J connectivity index is 1.47. The third-order valence-corrected chi connectivity index (χ3v) is 7.57. The van der Waals surface area contributed by atoms with Crippen LogP contribution < -0.4 is 14.8 Å². The van der Waals surface area contributed by atoms with E-state index in [1.165, 1.54) is 0 Å². The predicted octanol–water partition coefficient (Wildman–Crippen LogP) is 2.87. The van der Waals surface area contributed by atoms with Crippen LogP contribution in [0.1, 0.15) is 36.4 Å². The molecule has 1 unspecified atom stereocenters. The fourth-order valence-electron chi connectivity index (χ4n) is 4.25. The summed E-state index contributed by atoms with van der Waals surface area (Å²) in [5.74, 6) is 1.27. The maximum Gasteiger partial charge on any atom is 0.243 e. The molecule has 152 valence electrons. The van der Waals surface area contributed by atoms with Gasteiger partial charge in [-0.3, -0.25) is 4.79 Å². The van der Waals surface area contributed by atoms with Gasteiger partial charge in [-0.15, -0.1) is 0 Å². The lowest BCUT2D eigenvalue weighted by atomic mass is 10.0. The van der Waals surface area contributed by atoms with Gasteiger partial charge in [0.15, 0.2) is 11.5 Å². The summed E-state index contributed by atoms with van der Waals surface area (Å²) < 4.78 is 39.9. The second-order valence-electron chi connectivity index (χ2n) is 7.57. The molecule has 0 spiro atoms. The molecule has 0 bridgehead atoms. The SMILES string of the molecule is O=C1Cc2cc(S(=O)(=O)N3CCCC3c3ccc4c(c3)OCCCO4)ccc2N1. The highest BCUT2D eigenvalue weighted by Crippen LogP contribution is 2.41. The molecule has 0 aliphatic carbocycles. The van der Waals surface area contributed by atoms with Crippen LogP contribution in [0, 0.1) is 0 Å². The molecule has 1 amide bonds. The van der Waals surface area contributed by atoms with Crippen LogP contribution in [0.4, 0.5) is 5.69 Å². The lowest BCUT2D eigenvalue weighted by Crippen LogP contribution is -2.30. The number of anilines is 1. The monoisotopic (exact) mass is 414 g/mol. The number of fused-ring (bicyclic) bond motifs is 2. The number of nitrogens with one attached hydrogen (secondary N) is 1. The van der Waals surface area contributed by atoms with Crippen molar-refractivity contribution in [1.82, 2.24) is 4.31 Å². The fourth-order valence-corrected chi connectivity index (χ4v) is 5.98. The number of rotatable bonds is 3. The number of carbonyl (C=O) groups excluding carboxylic acids is 1. The van der Waals surface area contributed by atoms with Gasteiger partial charge in [-0.2, -0.15) is 4.31 Å². The van der Waals surface area contributed by atoms with Gasteiger partial charge in [0.25, 0.3) is 0 Å². The first-order valence-electron chi connectivity index (χ1n) is 9.86. The third-order valence-electron chi connectivity index (χ3n) is 5.67. The molecule has 5 rings (SSSR count). The largest absolute Gasteiger partial charge is 0.490 e. The summed E-state index contributed by atoms with van der Waals surface area (Å²) >= 11 is 0. The predicted molar refractivity (Wildman–Crippen MR) is 107 cm³/mol. The van der Waals surface area contributed by atoms with Crippen LogP contribution >= 0.6 is 0 Å². The van der Waals surface area contributed by atoms with Gasteiger partial charge in [0, 0.05) is 18.7 Å². The van der Waals surface area contributed by atoms with Gasteiger partial charge in [-0.1, -0.05) is 6.07 Å². The van der Waals surface area contributed by atoms with E-state index < -0.39 is 10.0 Å². The van der Waals surface area contributed by atoms with E-state index >= 15 is 0 Å². The van der Waals surface area contributed by atoms with Crippen molar-refractivity contribution in [1.29, 1.82) is 0 Å². The number of nitrogens with zero attached hydrogens (tertiary/aromatic N) is 1. The Labute approximate surface area is 169 Å². The van der Waals surface area contributed by atoms with Gasteiger partial charge >= 0.3 is 0 Å². The summed E-state index contributed by atoms with van der Waals surface area (Å²) in [5, 5.41) is 2.74. The van der Waals surface area contributed by atoms with Gasteiger partial charge in [0.2, 0.25) is 15.9 Å². The number of ether oxygens (including phenoxy) is 2. The van der Waals surface area contributed by atoms with E-state index in [1.54, 1.807) is 22.5 Å². The Hall–Kier alpha value is -2.58. The Morgan fingerprint density at radius 1 is 1.00 bits per heavy atom. The average molecular weight is 414 g/mol. The Morgan fingerprint density at radius 3 is 2.69 bits per heavy atom. The Bertz CT molecular complexity index is 1080. The summed E-state index contributed by atoms with van der Waals surface area (Å²) in [6.45, 7) is 1.67. The minimum absolute atomic E-state index is 0.110. The summed E-state index contributed by atoms with van der Waals surface area (Å²) in [6.07, 6.45) is 2.58. The van der Waals surface area contributed by atoms with Crippen LogP contribution in [-0.2, 0) is 21.2 Å². The van der Waals surface area contributed by atoms with Crippen LogP contribution in [-0.4, -0.2) is 38.4 Å². The summed E-state index contributed by atoms with van der Waals surface area (Å²) in [5.41, 5.74) is 2.32. The molecule has 0 radical (unpaired) electrons. The lowest BCUT2D eigenvalue weighted by Gasteiger charge is -2.25. The van der Waals surface area contributed by atoms with Crippen molar-refractivity contribution in [3.8, 4) is 11.5 Å². The molecule has 7 nitrogen and oxygen atoms in total. The second-order valence-corrected chi connectivity index (χ2v) is 9.46. The number of benzene rings is 2. The zero-order valence-electron chi connectivity index (χ0n) is 15.9.